The quantitative estimate of drug-likeness (QED) is 0.695. The van der Waals surface area contributed by atoms with E-state index in [9.17, 15) is 9.59 Å². The second kappa shape index (κ2) is 6.88. The summed E-state index contributed by atoms with van der Waals surface area (Å²) in [6.45, 7) is 3.54. The van der Waals surface area contributed by atoms with Gasteiger partial charge in [-0.1, -0.05) is 23.8 Å². The summed E-state index contributed by atoms with van der Waals surface area (Å²) >= 11 is 0. The monoisotopic (exact) mass is 386 g/mol. The maximum atomic E-state index is 13.2. The van der Waals surface area contributed by atoms with E-state index < -0.39 is 0 Å². The molecule has 2 aromatic heterocycles. The first-order chi connectivity index (χ1) is 14.1. The van der Waals surface area contributed by atoms with Gasteiger partial charge in [0.1, 0.15) is 5.69 Å². The number of aryl methyl sites for hydroxylation is 1. The topological polar surface area (TPSA) is 58.4 Å². The summed E-state index contributed by atoms with van der Waals surface area (Å²) in [5, 5.41) is 0. The first-order valence-electron chi connectivity index (χ1n) is 9.85. The molecule has 4 heterocycles. The van der Waals surface area contributed by atoms with Gasteiger partial charge in [-0.05, 0) is 43.3 Å². The van der Waals surface area contributed by atoms with Crippen LogP contribution in [0.2, 0.25) is 0 Å². The molecular weight excluding hydrogens is 364 g/mol. The highest BCUT2D eigenvalue weighted by molar-refractivity contribution is 5.96. The highest BCUT2D eigenvalue weighted by Gasteiger charge is 2.46. The van der Waals surface area contributed by atoms with E-state index in [1.54, 1.807) is 6.20 Å². The fourth-order valence-corrected chi connectivity index (χ4v) is 4.49. The molecule has 2 aliphatic rings. The maximum absolute atomic E-state index is 13.2. The van der Waals surface area contributed by atoms with Crippen molar-refractivity contribution >= 4 is 11.8 Å². The third kappa shape index (κ3) is 3.01. The van der Waals surface area contributed by atoms with Crippen LogP contribution in [0.25, 0.3) is 0 Å². The van der Waals surface area contributed by atoms with Crippen LogP contribution in [-0.4, -0.2) is 50.3 Å². The van der Waals surface area contributed by atoms with Crippen LogP contribution in [0.15, 0.2) is 67.0 Å². The third-order valence-corrected chi connectivity index (χ3v) is 5.89. The minimum atomic E-state index is -0.0711. The van der Waals surface area contributed by atoms with Crippen LogP contribution in [0, 0.1) is 6.92 Å². The molecule has 2 unspecified atom stereocenters. The van der Waals surface area contributed by atoms with Gasteiger partial charge in [0.05, 0.1) is 24.3 Å². The predicted molar refractivity (Wildman–Crippen MR) is 108 cm³/mol. The van der Waals surface area contributed by atoms with Crippen molar-refractivity contribution in [2.45, 2.75) is 25.6 Å². The van der Waals surface area contributed by atoms with Gasteiger partial charge in [0.15, 0.2) is 0 Å². The molecule has 6 heteroatoms. The molecule has 3 aromatic rings. The Labute approximate surface area is 169 Å². The van der Waals surface area contributed by atoms with Crippen LogP contribution in [0.4, 0.5) is 0 Å². The largest absolute Gasteiger partial charge is 0.337 e. The van der Waals surface area contributed by atoms with Crippen molar-refractivity contribution in [2.24, 2.45) is 0 Å². The van der Waals surface area contributed by atoms with Crippen LogP contribution in [-0.2, 0) is 6.54 Å². The summed E-state index contributed by atoms with van der Waals surface area (Å²) < 4.78 is 2.03. The number of hydrogen-bond acceptors (Lipinski definition) is 3. The van der Waals surface area contributed by atoms with Crippen LogP contribution < -0.4 is 0 Å². The van der Waals surface area contributed by atoms with E-state index in [0.717, 1.165) is 11.3 Å². The number of rotatable bonds is 3. The highest BCUT2D eigenvalue weighted by atomic mass is 16.2. The first-order valence-corrected chi connectivity index (χ1v) is 9.85. The van der Waals surface area contributed by atoms with Crippen LogP contribution in [0.3, 0.4) is 0 Å². The molecule has 0 aliphatic carbocycles. The van der Waals surface area contributed by atoms with Gasteiger partial charge in [-0.25, -0.2) is 0 Å². The van der Waals surface area contributed by atoms with Gasteiger partial charge in [-0.3, -0.25) is 14.6 Å². The minimum Gasteiger partial charge on any atom is -0.337 e. The summed E-state index contributed by atoms with van der Waals surface area (Å²) in [7, 11) is 0. The van der Waals surface area contributed by atoms with E-state index in [2.05, 4.69) is 4.98 Å². The number of nitrogens with zero attached hydrogens (tertiary/aromatic N) is 4. The zero-order chi connectivity index (χ0) is 20.0. The Kier molecular flexibility index (Phi) is 4.19. The van der Waals surface area contributed by atoms with Gasteiger partial charge >= 0.3 is 0 Å². The molecular formula is C23H22N4O2. The molecule has 6 nitrogen and oxygen atoms in total. The fourth-order valence-electron chi connectivity index (χ4n) is 4.49. The van der Waals surface area contributed by atoms with Gasteiger partial charge in [0.25, 0.3) is 11.8 Å². The summed E-state index contributed by atoms with van der Waals surface area (Å²) in [5.74, 6) is 0.00815. The van der Waals surface area contributed by atoms with Crippen LogP contribution >= 0.6 is 0 Å². The van der Waals surface area contributed by atoms with Crippen molar-refractivity contribution in [1.82, 2.24) is 19.4 Å². The second-order valence-corrected chi connectivity index (χ2v) is 7.77. The van der Waals surface area contributed by atoms with Crippen molar-refractivity contribution < 1.29 is 9.59 Å². The normalized spacial score (nSPS) is 20.5. The van der Waals surface area contributed by atoms with Gasteiger partial charge in [-0.15, -0.1) is 0 Å². The third-order valence-electron chi connectivity index (χ3n) is 5.89. The number of carbonyl (C=O) groups is 2. The average molecular weight is 386 g/mol. The molecule has 0 radical (unpaired) electrons. The fraction of sp³-hybridized carbons (Fsp3) is 0.261. The lowest BCUT2D eigenvalue weighted by atomic mass is 10.1. The predicted octanol–water partition coefficient (Wildman–Crippen LogP) is 2.91. The zero-order valence-electron chi connectivity index (χ0n) is 16.2. The van der Waals surface area contributed by atoms with Crippen molar-refractivity contribution in [2.75, 3.05) is 13.1 Å². The SMILES string of the molecule is Cc1cccc(C(=O)N2CC3C(C2)n2cccc2C(=O)N3Cc2ccccn2)c1. The molecule has 146 valence electrons. The number of likely N-dealkylation sites (tertiary alicyclic amines) is 1. The maximum Gasteiger partial charge on any atom is 0.271 e. The zero-order valence-corrected chi connectivity index (χ0v) is 16.2. The van der Waals surface area contributed by atoms with Crippen molar-refractivity contribution in [3.63, 3.8) is 0 Å². The Balaban J connectivity index is 1.47. The molecule has 29 heavy (non-hydrogen) atoms. The Morgan fingerprint density at radius 1 is 1.07 bits per heavy atom. The highest BCUT2D eigenvalue weighted by Crippen LogP contribution is 2.35. The molecule has 1 saturated heterocycles. The van der Waals surface area contributed by atoms with E-state index in [1.807, 2.05) is 82.1 Å². The van der Waals surface area contributed by atoms with Crippen LogP contribution in [0.5, 0.6) is 0 Å². The molecule has 0 N–H and O–H groups in total. The Morgan fingerprint density at radius 3 is 2.72 bits per heavy atom. The van der Waals surface area contributed by atoms with Gasteiger partial charge in [0.2, 0.25) is 0 Å². The standard InChI is InChI=1S/C23H22N4O2/c1-16-6-4-7-17(12-16)22(28)25-14-20-21(15-25)27(13-18-8-2-3-10-24-18)23(29)19-9-5-11-26(19)20/h2-12,20-21H,13-15H2,1H3. The summed E-state index contributed by atoms with van der Waals surface area (Å²) in [6.07, 6.45) is 3.69. The number of carbonyl (C=O) groups excluding carboxylic acids is 2. The van der Waals surface area contributed by atoms with Gasteiger partial charge in [0, 0.05) is 31.0 Å². The number of benzene rings is 1. The molecule has 1 fully saturated rings. The molecule has 0 spiro atoms. The summed E-state index contributed by atoms with van der Waals surface area (Å²) in [5.41, 5.74) is 3.28. The summed E-state index contributed by atoms with van der Waals surface area (Å²) in [6, 6.07) is 17.1. The molecule has 0 bridgehead atoms. The van der Waals surface area contributed by atoms with E-state index in [0.29, 0.717) is 30.9 Å². The average Bonchev–Trinajstić information content (AvgIpc) is 3.39. The number of amides is 2. The lowest BCUT2D eigenvalue weighted by Crippen LogP contribution is -2.50. The first kappa shape index (κ1) is 17.7. The molecule has 2 aliphatic heterocycles. The molecule has 5 rings (SSSR count). The number of fused-ring (bicyclic) bond motifs is 3. The smallest absolute Gasteiger partial charge is 0.271 e. The van der Waals surface area contributed by atoms with Crippen molar-refractivity contribution in [3.8, 4) is 0 Å². The number of pyridine rings is 1. The van der Waals surface area contributed by atoms with E-state index in [-0.39, 0.29) is 23.9 Å². The Hall–Kier alpha value is -3.41. The van der Waals surface area contributed by atoms with E-state index in [1.165, 1.54) is 0 Å². The van der Waals surface area contributed by atoms with Crippen LogP contribution in [0.1, 0.15) is 38.1 Å². The lowest BCUT2D eigenvalue weighted by molar-refractivity contribution is 0.0547. The summed E-state index contributed by atoms with van der Waals surface area (Å²) in [4.78, 5) is 34.5. The number of aromatic nitrogens is 2. The Bertz CT molecular complexity index is 1080. The number of hydrogen-bond donors (Lipinski definition) is 0. The minimum absolute atomic E-state index is 0.00763. The lowest BCUT2D eigenvalue weighted by Gasteiger charge is -2.37. The van der Waals surface area contributed by atoms with Crippen molar-refractivity contribution in [1.29, 1.82) is 0 Å². The van der Waals surface area contributed by atoms with E-state index in [4.69, 9.17) is 0 Å². The van der Waals surface area contributed by atoms with Crippen molar-refractivity contribution in [3.05, 3.63) is 89.5 Å². The van der Waals surface area contributed by atoms with E-state index >= 15 is 0 Å². The Morgan fingerprint density at radius 2 is 1.93 bits per heavy atom. The molecule has 1 aromatic carbocycles. The van der Waals surface area contributed by atoms with Gasteiger partial charge in [-0.2, -0.15) is 0 Å². The molecule has 2 amide bonds. The van der Waals surface area contributed by atoms with Gasteiger partial charge < -0.3 is 14.4 Å². The molecule has 0 saturated carbocycles. The molecule has 2 atom stereocenters. The second-order valence-electron chi connectivity index (χ2n) is 7.77.